The minimum absolute atomic E-state index is 0.117. The Kier molecular flexibility index (Phi) is 26.6. The van der Waals surface area contributed by atoms with Crippen LogP contribution < -0.4 is 5.32 Å². The number of phenols is 1. The van der Waals surface area contributed by atoms with Crippen LogP contribution in [0.4, 0.5) is 0 Å². The molecule has 0 saturated carbocycles. The van der Waals surface area contributed by atoms with Gasteiger partial charge in [-0.15, -0.1) is 0 Å². The quantitative estimate of drug-likeness (QED) is 0.431. The Morgan fingerprint density at radius 1 is 1.08 bits per heavy atom. The van der Waals surface area contributed by atoms with Gasteiger partial charge in [-0.3, -0.25) is 4.99 Å². The number of nitrogens with zero attached hydrogens (tertiary/aromatic N) is 1. The van der Waals surface area contributed by atoms with Gasteiger partial charge in [0.05, 0.1) is 12.2 Å². The maximum Gasteiger partial charge on any atom is 0.123 e. The van der Waals surface area contributed by atoms with Crippen molar-refractivity contribution < 1.29 is 9.84 Å². The molecule has 0 radical (unpaired) electrons. The van der Waals surface area contributed by atoms with Gasteiger partial charge in [-0.05, 0) is 69.5 Å². The molecule has 2 atom stereocenters. The summed E-state index contributed by atoms with van der Waals surface area (Å²) < 4.78 is 5.67. The molecule has 2 aliphatic rings. The van der Waals surface area contributed by atoms with Crippen molar-refractivity contribution in [3.05, 3.63) is 47.2 Å². The van der Waals surface area contributed by atoms with Crippen molar-refractivity contribution in [1.29, 1.82) is 0 Å². The maximum absolute atomic E-state index is 9.81. The topological polar surface area (TPSA) is 53.8 Å². The predicted molar refractivity (Wildman–Crippen MR) is 164 cm³/mol. The molecule has 0 spiro atoms. The molecule has 2 aliphatic heterocycles. The van der Waals surface area contributed by atoms with E-state index < -0.39 is 0 Å². The van der Waals surface area contributed by atoms with E-state index in [0.717, 1.165) is 29.9 Å². The van der Waals surface area contributed by atoms with Crippen LogP contribution >= 0.6 is 0 Å². The minimum atomic E-state index is 0.117. The molecule has 4 nitrogen and oxygen atoms in total. The number of benzene rings is 1. The Labute approximate surface area is 225 Å². The summed E-state index contributed by atoms with van der Waals surface area (Å²) >= 11 is 0. The van der Waals surface area contributed by atoms with E-state index in [1.54, 1.807) is 12.3 Å². The summed E-state index contributed by atoms with van der Waals surface area (Å²) in [5, 5.41) is 13.2. The lowest BCUT2D eigenvalue weighted by Crippen LogP contribution is -2.43. The lowest BCUT2D eigenvalue weighted by molar-refractivity contribution is -0.0650. The van der Waals surface area contributed by atoms with Crippen LogP contribution in [-0.4, -0.2) is 36.1 Å². The number of hydrogen-bond donors (Lipinski definition) is 2. The summed E-state index contributed by atoms with van der Waals surface area (Å²) in [6.45, 7) is 28.7. The molecule has 1 aromatic rings. The molecule has 0 aliphatic carbocycles. The highest BCUT2D eigenvalue weighted by Crippen LogP contribution is 2.25. The van der Waals surface area contributed by atoms with Crippen molar-refractivity contribution in [3.8, 4) is 5.75 Å². The Hall–Kier alpha value is -1.91. The zero-order valence-electron chi connectivity index (χ0n) is 26.0. The van der Waals surface area contributed by atoms with Crippen molar-refractivity contribution in [3.63, 3.8) is 0 Å². The summed E-state index contributed by atoms with van der Waals surface area (Å²) in [6.07, 6.45) is 11.3. The fourth-order valence-electron chi connectivity index (χ4n) is 3.13. The molecule has 0 bridgehead atoms. The minimum Gasteiger partial charge on any atom is -0.507 e. The molecule has 1 saturated heterocycles. The van der Waals surface area contributed by atoms with Gasteiger partial charge in [-0.25, -0.2) is 0 Å². The maximum atomic E-state index is 9.81. The summed E-state index contributed by atoms with van der Waals surface area (Å²) in [5.74, 6) is 0.626. The number of likely N-dealkylation sites (N-methyl/N-ethyl adjacent to an activating group) is 1. The molecule has 2 heterocycles. The lowest BCUT2D eigenvalue weighted by Gasteiger charge is -2.35. The van der Waals surface area contributed by atoms with Crippen LogP contribution in [0.1, 0.15) is 113 Å². The van der Waals surface area contributed by atoms with Gasteiger partial charge in [0.15, 0.2) is 0 Å². The highest BCUT2D eigenvalue weighted by molar-refractivity contribution is 5.74. The van der Waals surface area contributed by atoms with Crippen LogP contribution in [-0.2, 0) is 4.74 Å². The molecule has 2 unspecified atom stereocenters. The summed E-state index contributed by atoms with van der Waals surface area (Å²) in [7, 11) is 0. The van der Waals surface area contributed by atoms with Gasteiger partial charge in [0.25, 0.3) is 0 Å². The number of allylic oxidation sites excluding steroid dienone is 2. The van der Waals surface area contributed by atoms with Gasteiger partial charge >= 0.3 is 0 Å². The van der Waals surface area contributed by atoms with Crippen LogP contribution in [0.5, 0.6) is 5.75 Å². The van der Waals surface area contributed by atoms with E-state index in [9.17, 15) is 5.11 Å². The smallest absolute Gasteiger partial charge is 0.123 e. The highest BCUT2D eigenvalue weighted by atomic mass is 16.5. The molecule has 1 aromatic carbocycles. The average molecular weight is 505 g/mol. The van der Waals surface area contributed by atoms with Crippen LogP contribution in [0.15, 0.2) is 41.0 Å². The van der Waals surface area contributed by atoms with Crippen molar-refractivity contribution >= 4 is 12.3 Å². The number of rotatable bonds is 3. The second-order valence-electron chi connectivity index (χ2n) is 8.68. The van der Waals surface area contributed by atoms with Crippen molar-refractivity contribution in [2.24, 2.45) is 10.9 Å². The van der Waals surface area contributed by atoms with Gasteiger partial charge < -0.3 is 15.2 Å². The molecular formula is C32H60N2O2. The standard InChI is InChI=1S/C14H15NO.C9H19NO.C3H8.3C2H6/c1-10-3-4-13(14(16)7-10)8-12-5-6-15-9-11(12)2;1-4-10-8-5-6-9(2,3)11-7-8;1-3-2;3*1-2/h3-9,11,16H,1-2H3;8,10H,4-7H2,1-3H3;3H2,1-2H3;3*1-2H3/b12-8+;;;;;. The van der Waals surface area contributed by atoms with Gasteiger partial charge in [-0.1, -0.05) is 87.8 Å². The summed E-state index contributed by atoms with van der Waals surface area (Å²) in [4.78, 5) is 4.08. The van der Waals surface area contributed by atoms with Crippen LogP contribution in [0, 0.1) is 12.8 Å². The average Bonchev–Trinajstić information content (AvgIpc) is 2.88. The van der Waals surface area contributed by atoms with E-state index in [1.165, 1.54) is 19.3 Å². The first-order chi connectivity index (χ1) is 17.2. The van der Waals surface area contributed by atoms with Gasteiger partial charge in [0, 0.05) is 29.9 Å². The van der Waals surface area contributed by atoms with E-state index in [2.05, 4.69) is 51.9 Å². The highest BCUT2D eigenvalue weighted by Gasteiger charge is 2.26. The predicted octanol–water partition coefficient (Wildman–Crippen LogP) is 9.37. The first-order valence-electron chi connectivity index (χ1n) is 14.3. The second-order valence-corrected chi connectivity index (χ2v) is 8.68. The fourth-order valence-corrected chi connectivity index (χ4v) is 3.13. The van der Waals surface area contributed by atoms with Gasteiger partial charge in [0.1, 0.15) is 5.75 Å². The third-order valence-electron chi connectivity index (χ3n) is 4.96. The largest absolute Gasteiger partial charge is 0.507 e. The second kappa shape index (κ2) is 24.8. The molecule has 2 N–H and O–H groups in total. The fraction of sp³-hybridized carbons (Fsp3) is 0.656. The molecule has 4 heteroatoms. The third-order valence-corrected chi connectivity index (χ3v) is 4.96. The van der Waals surface area contributed by atoms with Gasteiger partial charge in [0.2, 0.25) is 0 Å². The Morgan fingerprint density at radius 2 is 1.67 bits per heavy atom. The zero-order valence-corrected chi connectivity index (χ0v) is 26.0. The Morgan fingerprint density at radius 3 is 2.11 bits per heavy atom. The van der Waals surface area contributed by atoms with Crippen LogP contribution in [0.25, 0.3) is 6.08 Å². The first kappa shape index (κ1) is 38.6. The SMILES string of the molecule is CC.CC.CC.CCC.CCNC1CCC(C)(C)OC1.Cc1ccc(/C=C2\C=CN=CC2C)c(O)c1. The zero-order chi connectivity index (χ0) is 28.6. The Bertz CT molecular complexity index is 711. The number of hydrogen-bond acceptors (Lipinski definition) is 4. The lowest BCUT2D eigenvalue weighted by atomic mass is 9.96. The van der Waals surface area contributed by atoms with Crippen LogP contribution in [0.3, 0.4) is 0 Å². The summed E-state index contributed by atoms with van der Waals surface area (Å²) in [6, 6.07) is 6.30. The first-order valence-corrected chi connectivity index (χ1v) is 14.3. The summed E-state index contributed by atoms with van der Waals surface area (Å²) in [5.41, 5.74) is 3.20. The van der Waals surface area contributed by atoms with Crippen molar-refractivity contribution in [2.75, 3.05) is 13.2 Å². The Balaban J connectivity index is -0.000000475. The molecular weight excluding hydrogens is 444 g/mol. The molecule has 36 heavy (non-hydrogen) atoms. The number of phenolic OH excluding ortho intramolecular Hbond substituents is 1. The van der Waals surface area contributed by atoms with Gasteiger partial charge in [-0.2, -0.15) is 0 Å². The molecule has 1 fully saturated rings. The van der Waals surface area contributed by atoms with E-state index in [0.29, 0.717) is 17.7 Å². The van der Waals surface area contributed by atoms with Crippen LogP contribution in [0.2, 0.25) is 0 Å². The van der Waals surface area contributed by atoms with E-state index >= 15 is 0 Å². The van der Waals surface area contributed by atoms with E-state index in [1.807, 2.05) is 79.0 Å². The number of aromatic hydroxyl groups is 1. The third kappa shape index (κ3) is 18.4. The number of nitrogens with one attached hydrogen (secondary N) is 1. The number of aryl methyl sites for hydroxylation is 1. The normalized spacial score (nSPS) is 19.9. The van der Waals surface area contributed by atoms with Crippen molar-refractivity contribution in [1.82, 2.24) is 5.32 Å². The molecule has 0 aromatic heterocycles. The molecule has 0 amide bonds. The number of aliphatic imine (C=N–C) groups is 1. The van der Waals surface area contributed by atoms with E-state index in [-0.39, 0.29) is 5.60 Å². The van der Waals surface area contributed by atoms with Crippen molar-refractivity contribution in [2.45, 2.75) is 121 Å². The molecule has 3 rings (SSSR count). The number of ether oxygens (including phenoxy) is 1. The molecule has 210 valence electrons. The van der Waals surface area contributed by atoms with E-state index in [4.69, 9.17) is 4.74 Å². The monoisotopic (exact) mass is 504 g/mol.